The van der Waals surface area contributed by atoms with E-state index in [1.807, 2.05) is 54.6 Å². The van der Waals surface area contributed by atoms with Crippen molar-refractivity contribution in [1.29, 1.82) is 0 Å². The molecule has 0 aliphatic heterocycles. The standard InChI is InChI=1S/C25H22Cl2N4O/c26-20-13-12-19(22(27)17-20)15-16-28-25(32)24-29-23(14-11-18-7-3-1-4-8-18)31(30-24)21-9-5-2-6-10-21/h1-10,12-13,17H,11,14-16H2,(H,28,32). The lowest BCUT2D eigenvalue weighted by Crippen LogP contribution is -2.27. The molecule has 1 heterocycles. The SMILES string of the molecule is O=C(NCCc1ccc(Cl)cc1Cl)c1nc(CCc2ccccc2)n(-c2ccccc2)n1. The zero-order valence-corrected chi connectivity index (χ0v) is 18.9. The molecule has 0 unspecified atom stereocenters. The average Bonchev–Trinajstić information content (AvgIpc) is 3.25. The molecule has 0 saturated heterocycles. The van der Waals surface area contributed by atoms with E-state index in [9.17, 15) is 4.79 Å². The summed E-state index contributed by atoms with van der Waals surface area (Å²) in [5.41, 5.74) is 3.00. The van der Waals surface area contributed by atoms with Gasteiger partial charge in [0.2, 0.25) is 5.82 Å². The molecule has 1 aromatic heterocycles. The fourth-order valence-corrected chi connectivity index (χ4v) is 3.90. The van der Waals surface area contributed by atoms with Crippen LogP contribution in [0.15, 0.2) is 78.9 Å². The minimum absolute atomic E-state index is 0.152. The molecule has 0 atom stereocenters. The Morgan fingerprint density at radius 2 is 1.59 bits per heavy atom. The highest BCUT2D eigenvalue weighted by Gasteiger charge is 2.17. The normalized spacial score (nSPS) is 10.8. The summed E-state index contributed by atoms with van der Waals surface area (Å²) >= 11 is 12.2. The monoisotopic (exact) mass is 464 g/mol. The van der Waals surface area contributed by atoms with E-state index in [2.05, 4.69) is 27.5 Å². The van der Waals surface area contributed by atoms with Crippen LogP contribution in [0, 0.1) is 0 Å². The van der Waals surface area contributed by atoms with Crippen LogP contribution in [0.2, 0.25) is 10.0 Å². The van der Waals surface area contributed by atoms with Gasteiger partial charge in [-0.25, -0.2) is 9.67 Å². The second-order valence-corrected chi connectivity index (χ2v) is 8.17. The van der Waals surface area contributed by atoms with E-state index < -0.39 is 0 Å². The van der Waals surface area contributed by atoms with E-state index in [-0.39, 0.29) is 11.7 Å². The van der Waals surface area contributed by atoms with Crippen molar-refractivity contribution < 1.29 is 4.79 Å². The van der Waals surface area contributed by atoms with Crippen LogP contribution in [-0.4, -0.2) is 27.2 Å². The maximum atomic E-state index is 12.7. The van der Waals surface area contributed by atoms with E-state index >= 15 is 0 Å². The third-order valence-corrected chi connectivity index (χ3v) is 5.64. The van der Waals surface area contributed by atoms with Gasteiger partial charge in [-0.2, -0.15) is 0 Å². The van der Waals surface area contributed by atoms with E-state index in [0.29, 0.717) is 29.4 Å². The highest BCUT2D eigenvalue weighted by Crippen LogP contribution is 2.21. The zero-order chi connectivity index (χ0) is 22.3. The fraction of sp³-hybridized carbons (Fsp3) is 0.160. The molecule has 32 heavy (non-hydrogen) atoms. The Balaban J connectivity index is 1.47. The van der Waals surface area contributed by atoms with Crippen molar-refractivity contribution in [2.45, 2.75) is 19.3 Å². The maximum absolute atomic E-state index is 12.7. The molecule has 1 amide bonds. The number of halogens is 2. The summed E-state index contributed by atoms with van der Waals surface area (Å²) in [6.07, 6.45) is 2.06. The van der Waals surface area contributed by atoms with Gasteiger partial charge in [-0.1, -0.05) is 77.8 Å². The molecule has 162 valence electrons. The van der Waals surface area contributed by atoms with Crippen molar-refractivity contribution in [3.05, 3.63) is 112 Å². The number of amides is 1. The first-order valence-electron chi connectivity index (χ1n) is 10.4. The summed E-state index contributed by atoms with van der Waals surface area (Å²) in [7, 11) is 0. The second-order valence-electron chi connectivity index (χ2n) is 7.33. The predicted molar refractivity (Wildman–Crippen MR) is 128 cm³/mol. The van der Waals surface area contributed by atoms with Crippen molar-refractivity contribution >= 4 is 29.1 Å². The Labute approximate surface area is 197 Å². The van der Waals surface area contributed by atoms with Crippen molar-refractivity contribution in [2.75, 3.05) is 6.54 Å². The van der Waals surface area contributed by atoms with Crippen LogP contribution in [0.3, 0.4) is 0 Å². The van der Waals surface area contributed by atoms with Crippen molar-refractivity contribution in [1.82, 2.24) is 20.1 Å². The number of hydrogen-bond acceptors (Lipinski definition) is 3. The lowest BCUT2D eigenvalue weighted by molar-refractivity contribution is 0.0944. The molecule has 5 nitrogen and oxygen atoms in total. The Morgan fingerprint density at radius 3 is 2.31 bits per heavy atom. The number of hydrogen-bond donors (Lipinski definition) is 1. The molecule has 0 saturated carbocycles. The highest BCUT2D eigenvalue weighted by atomic mass is 35.5. The topological polar surface area (TPSA) is 59.8 Å². The molecule has 0 radical (unpaired) electrons. The van der Waals surface area contributed by atoms with Gasteiger partial charge in [0.15, 0.2) is 0 Å². The van der Waals surface area contributed by atoms with Gasteiger partial charge in [-0.3, -0.25) is 4.79 Å². The first kappa shape index (κ1) is 22.1. The fourth-order valence-electron chi connectivity index (χ4n) is 3.39. The van der Waals surface area contributed by atoms with E-state index in [4.69, 9.17) is 23.2 Å². The first-order chi connectivity index (χ1) is 15.6. The minimum Gasteiger partial charge on any atom is -0.349 e. The third kappa shape index (κ3) is 5.55. The molecule has 1 N–H and O–H groups in total. The minimum atomic E-state index is -0.314. The number of nitrogens with one attached hydrogen (secondary N) is 1. The number of para-hydroxylation sites is 1. The van der Waals surface area contributed by atoms with Crippen LogP contribution in [0.25, 0.3) is 5.69 Å². The van der Waals surface area contributed by atoms with E-state index in [0.717, 1.165) is 23.5 Å². The molecule has 0 bridgehead atoms. The number of nitrogens with zero attached hydrogens (tertiary/aromatic N) is 3. The summed E-state index contributed by atoms with van der Waals surface area (Å²) in [5.74, 6) is 0.579. The first-order valence-corrected chi connectivity index (χ1v) is 11.1. The van der Waals surface area contributed by atoms with Gasteiger partial charge in [0.05, 0.1) is 5.69 Å². The number of aromatic nitrogens is 3. The smallest absolute Gasteiger partial charge is 0.290 e. The third-order valence-electron chi connectivity index (χ3n) is 5.05. The van der Waals surface area contributed by atoms with Crippen molar-refractivity contribution in [2.24, 2.45) is 0 Å². The summed E-state index contributed by atoms with van der Waals surface area (Å²) in [4.78, 5) is 17.3. The molecule has 4 aromatic rings. The Bertz CT molecular complexity index is 1190. The Kier molecular flexibility index (Phi) is 7.20. The van der Waals surface area contributed by atoms with Crippen LogP contribution in [-0.2, 0) is 19.3 Å². The summed E-state index contributed by atoms with van der Waals surface area (Å²) < 4.78 is 1.74. The van der Waals surface area contributed by atoms with E-state index in [1.54, 1.807) is 16.8 Å². The molecule has 0 fully saturated rings. The Hall–Kier alpha value is -3.15. The maximum Gasteiger partial charge on any atom is 0.290 e. The van der Waals surface area contributed by atoms with Crippen molar-refractivity contribution in [3.8, 4) is 5.69 Å². The molecule has 0 aliphatic rings. The summed E-state index contributed by atoms with van der Waals surface area (Å²) in [6, 6.07) is 25.3. The van der Waals surface area contributed by atoms with Gasteiger partial charge < -0.3 is 5.32 Å². The molecule has 4 rings (SSSR count). The van der Waals surface area contributed by atoms with Gasteiger partial charge in [0, 0.05) is 23.0 Å². The number of carbonyl (C=O) groups is 1. The predicted octanol–water partition coefficient (Wildman–Crippen LogP) is 5.33. The van der Waals surface area contributed by atoms with Crippen LogP contribution in [0.5, 0.6) is 0 Å². The molecular weight excluding hydrogens is 443 g/mol. The van der Waals surface area contributed by atoms with Gasteiger partial charge in [0.25, 0.3) is 5.91 Å². The summed E-state index contributed by atoms with van der Waals surface area (Å²) in [6.45, 7) is 0.416. The van der Waals surface area contributed by atoms with Crippen molar-refractivity contribution in [3.63, 3.8) is 0 Å². The zero-order valence-electron chi connectivity index (χ0n) is 17.3. The van der Waals surface area contributed by atoms with Gasteiger partial charge in [-0.05, 0) is 48.2 Å². The molecule has 7 heteroatoms. The van der Waals surface area contributed by atoms with Gasteiger partial charge >= 0.3 is 0 Å². The number of rotatable bonds is 8. The number of aryl methyl sites for hydroxylation is 2. The highest BCUT2D eigenvalue weighted by molar-refractivity contribution is 6.35. The Morgan fingerprint density at radius 1 is 0.875 bits per heavy atom. The van der Waals surface area contributed by atoms with Crippen LogP contribution < -0.4 is 5.32 Å². The number of carbonyl (C=O) groups excluding carboxylic acids is 1. The van der Waals surface area contributed by atoms with Crippen LogP contribution in [0.4, 0.5) is 0 Å². The van der Waals surface area contributed by atoms with Crippen LogP contribution >= 0.6 is 23.2 Å². The van der Waals surface area contributed by atoms with Crippen LogP contribution in [0.1, 0.15) is 27.6 Å². The summed E-state index contributed by atoms with van der Waals surface area (Å²) in [5, 5.41) is 8.55. The lowest BCUT2D eigenvalue weighted by atomic mass is 10.1. The van der Waals surface area contributed by atoms with Gasteiger partial charge in [0.1, 0.15) is 5.82 Å². The largest absolute Gasteiger partial charge is 0.349 e. The molecular formula is C25H22Cl2N4O. The van der Waals surface area contributed by atoms with E-state index in [1.165, 1.54) is 5.56 Å². The quantitative estimate of drug-likeness (QED) is 0.383. The molecule has 3 aromatic carbocycles. The second kappa shape index (κ2) is 10.4. The molecule has 0 spiro atoms. The van der Waals surface area contributed by atoms with Gasteiger partial charge in [-0.15, -0.1) is 5.10 Å². The molecule has 0 aliphatic carbocycles. The lowest BCUT2D eigenvalue weighted by Gasteiger charge is -2.06. The number of benzene rings is 3. The average molecular weight is 465 g/mol.